The van der Waals surface area contributed by atoms with Gasteiger partial charge in [-0.25, -0.2) is 8.78 Å². The normalized spacial score (nSPS) is 16.6. The lowest BCUT2D eigenvalue weighted by Crippen LogP contribution is -2.52. The minimum absolute atomic E-state index is 0.0796. The molecule has 1 aliphatic heterocycles. The Morgan fingerprint density at radius 3 is 2.46 bits per heavy atom. The number of halogens is 2. The largest absolute Gasteiger partial charge is 0.379 e. The highest BCUT2D eigenvalue weighted by Crippen LogP contribution is 2.16. The van der Waals surface area contributed by atoms with Crippen molar-refractivity contribution in [3.05, 3.63) is 35.4 Å². The maximum atomic E-state index is 13.7. The Morgan fingerprint density at radius 1 is 1.19 bits per heavy atom. The van der Waals surface area contributed by atoms with Crippen LogP contribution in [0.2, 0.25) is 0 Å². The van der Waals surface area contributed by atoms with E-state index in [0.29, 0.717) is 19.0 Å². The molecule has 0 atom stereocenters. The first-order valence-corrected chi connectivity index (χ1v) is 9.22. The first kappa shape index (κ1) is 20.6. The van der Waals surface area contributed by atoms with Crippen LogP contribution >= 0.6 is 0 Å². The minimum Gasteiger partial charge on any atom is -0.379 e. The molecule has 0 spiro atoms. The highest BCUT2D eigenvalue weighted by Gasteiger charge is 2.28. The predicted octanol–water partition coefficient (Wildman–Crippen LogP) is 2.17. The Balaban J connectivity index is 1.91. The van der Waals surface area contributed by atoms with E-state index in [2.05, 4.69) is 34.4 Å². The standard InChI is InChI=1S/C19H30F2N4O/c1-4-22-18(23-9-8-15-16(20)6-5-7-17(15)21)24-14-19(2,3)25-10-12-26-13-11-25/h5-7H,4,8-14H2,1-3H3,(H2,22,23,24). The van der Waals surface area contributed by atoms with E-state index >= 15 is 0 Å². The third-order valence-corrected chi connectivity index (χ3v) is 4.56. The minimum atomic E-state index is -0.512. The van der Waals surface area contributed by atoms with Gasteiger partial charge in [0.05, 0.1) is 19.8 Å². The summed E-state index contributed by atoms with van der Waals surface area (Å²) < 4.78 is 32.8. The quantitative estimate of drug-likeness (QED) is 0.572. The van der Waals surface area contributed by atoms with Crippen molar-refractivity contribution in [2.75, 3.05) is 45.9 Å². The van der Waals surface area contributed by atoms with Gasteiger partial charge >= 0.3 is 0 Å². The first-order valence-electron chi connectivity index (χ1n) is 9.22. The first-order chi connectivity index (χ1) is 12.4. The van der Waals surface area contributed by atoms with E-state index in [-0.39, 0.29) is 17.5 Å². The molecule has 0 aromatic heterocycles. The number of nitrogens with one attached hydrogen (secondary N) is 2. The van der Waals surface area contributed by atoms with E-state index in [9.17, 15) is 8.78 Å². The lowest BCUT2D eigenvalue weighted by molar-refractivity contribution is -0.00683. The molecular formula is C19H30F2N4O. The summed E-state index contributed by atoms with van der Waals surface area (Å²) in [5, 5.41) is 6.34. The van der Waals surface area contributed by atoms with Crippen LogP contribution in [-0.4, -0.2) is 62.3 Å². The van der Waals surface area contributed by atoms with Crippen LogP contribution in [0.4, 0.5) is 8.78 Å². The van der Waals surface area contributed by atoms with E-state index in [1.54, 1.807) is 0 Å². The van der Waals surface area contributed by atoms with E-state index in [0.717, 1.165) is 32.8 Å². The van der Waals surface area contributed by atoms with Crippen molar-refractivity contribution in [3.8, 4) is 0 Å². The highest BCUT2D eigenvalue weighted by molar-refractivity contribution is 5.79. The number of hydrogen-bond acceptors (Lipinski definition) is 3. The summed E-state index contributed by atoms with van der Waals surface area (Å²) in [7, 11) is 0. The molecule has 1 aliphatic rings. The molecule has 1 saturated heterocycles. The van der Waals surface area contributed by atoms with E-state index < -0.39 is 11.6 Å². The van der Waals surface area contributed by atoms with Crippen molar-refractivity contribution in [3.63, 3.8) is 0 Å². The van der Waals surface area contributed by atoms with E-state index in [1.807, 2.05) is 6.92 Å². The molecule has 1 heterocycles. The van der Waals surface area contributed by atoms with Gasteiger partial charge in [0.25, 0.3) is 0 Å². The predicted molar refractivity (Wildman–Crippen MR) is 101 cm³/mol. The van der Waals surface area contributed by atoms with Crippen LogP contribution in [0.5, 0.6) is 0 Å². The second-order valence-corrected chi connectivity index (χ2v) is 6.98. The lowest BCUT2D eigenvalue weighted by atomic mass is 10.0. The monoisotopic (exact) mass is 368 g/mol. The molecule has 2 N–H and O–H groups in total. The van der Waals surface area contributed by atoms with Gasteiger partial charge in [-0.2, -0.15) is 0 Å². The molecule has 0 unspecified atom stereocenters. The van der Waals surface area contributed by atoms with Gasteiger partial charge < -0.3 is 15.4 Å². The average Bonchev–Trinajstić information content (AvgIpc) is 2.63. The third kappa shape index (κ3) is 5.92. The molecule has 7 heteroatoms. The number of benzene rings is 1. The van der Waals surface area contributed by atoms with Gasteiger partial charge in [-0.1, -0.05) is 6.07 Å². The molecule has 0 saturated carbocycles. The maximum Gasteiger partial charge on any atom is 0.191 e. The van der Waals surface area contributed by atoms with Gasteiger partial charge in [0, 0.05) is 37.3 Å². The van der Waals surface area contributed by atoms with Crippen LogP contribution < -0.4 is 10.6 Å². The Bertz CT molecular complexity index is 581. The Kier molecular flexibility index (Phi) is 7.78. The van der Waals surface area contributed by atoms with Crippen LogP contribution in [-0.2, 0) is 11.2 Å². The molecule has 1 aromatic rings. The molecule has 1 fully saturated rings. The fourth-order valence-electron chi connectivity index (χ4n) is 2.96. The zero-order chi connectivity index (χ0) is 19.0. The van der Waals surface area contributed by atoms with Crippen molar-refractivity contribution < 1.29 is 13.5 Å². The fraction of sp³-hybridized carbons (Fsp3) is 0.632. The summed E-state index contributed by atoms with van der Waals surface area (Å²) in [5.41, 5.74) is 0.0218. The maximum absolute atomic E-state index is 13.7. The van der Waals surface area contributed by atoms with Gasteiger partial charge in [-0.05, 0) is 39.3 Å². The molecule has 0 aliphatic carbocycles. The van der Waals surface area contributed by atoms with Crippen molar-refractivity contribution >= 4 is 5.96 Å². The summed E-state index contributed by atoms with van der Waals surface area (Å²) >= 11 is 0. The van der Waals surface area contributed by atoms with Crippen molar-refractivity contribution in [2.45, 2.75) is 32.7 Å². The molecule has 2 rings (SSSR count). The number of nitrogens with zero attached hydrogens (tertiary/aromatic N) is 2. The van der Waals surface area contributed by atoms with Gasteiger partial charge in [-0.15, -0.1) is 0 Å². The van der Waals surface area contributed by atoms with Crippen molar-refractivity contribution in [1.29, 1.82) is 0 Å². The number of morpholine rings is 1. The van der Waals surface area contributed by atoms with E-state index in [1.165, 1.54) is 18.2 Å². The summed E-state index contributed by atoms with van der Waals surface area (Å²) in [4.78, 5) is 7.03. The smallest absolute Gasteiger partial charge is 0.191 e. The second-order valence-electron chi connectivity index (χ2n) is 6.98. The number of ether oxygens (including phenoxy) is 1. The average molecular weight is 368 g/mol. The molecule has 0 bridgehead atoms. The Labute approximate surface area is 154 Å². The molecule has 1 aromatic carbocycles. The molecule has 5 nitrogen and oxygen atoms in total. The molecule has 146 valence electrons. The van der Waals surface area contributed by atoms with Gasteiger partial charge in [0.1, 0.15) is 11.6 Å². The molecular weight excluding hydrogens is 338 g/mol. The second kappa shape index (κ2) is 9.83. The summed E-state index contributed by atoms with van der Waals surface area (Å²) in [6.07, 6.45) is 0.260. The van der Waals surface area contributed by atoms with Crippen molar-refractivity contribution in [1.82, 2.24) is 15.5 Å². The van der Waals surface area contributed by atoms with Gasteiger partial charge in [0.2, 0.25) is 0 Å². The number of hydrogen-bond donors (Lipinski definition) is 2. The zero-order valence-corrected chi connectivity index (χ0v) is 15.9. The molecule has 0 radical (unpaired) electrons. The third-order valence-electron chi connectivity index (χ3n) is 4.56. The number of guanidine groups is 1. The topological polar surface area (TPSA) is 48.9 Å². The summed E-state index contributed by atoms with van der Waals surface area (Å²) in [5.74, 6) is -0.366. The number of aliphatic imine (C=N–C) groups is 1. The summed E-state index contributed by atoms with van der Waals surface area (Å²) in [6, 6.07) is 3.94. The van der Waals surface area contributed by atoms with Gasteiger partial charge in [0.15, 0.2) is 5.96 Å². The van der Waals surface area contributed by atoms with Gasteiger partial charge in [-0.3, -0.25) is 9.89 Å². The fourth-order valence-corrected chi connectivity index (χ4v) is 2.96. The highest BCUT2D eigenvalue weighted by atomic mass is 19.1. The van der Waals surface area contributed by atoms with Crippen molar-refractivity contribution in [2.24, 2.45) is 4.99 Å². The van der Waals surface area contributed by atoms with Crippen LogP contribution in [0, 0.1) is 11.6 Å². The zero-order valence-electron chi connectivity index (χ0n) is 15.9. The van der Waals surface area contributed by atoms with E-state index in [4.69, 9.17) is 4.74 Å². The molecule has 0 amide bonds. The molecule has 26 heavy (non-hydrogen) atoms. The lowest BCUT2D eigenvalue weighted by Gasteiger charge is -2.39. The summed E-state index contributed by atoms with van der Waals surface area (Å²) in [6.45, 7) is 11.4. The number of rotatable bonds is 7. The Morgan fingerprint density at radius 2 is 1.85 bits per heavy atom. The Hall–Kier alpha value is -1.73. The van der Waals surface area contributed by atoms with Crippen LogP contribution in [0.1, 0.15) is 26.3 Å². The van der Waals surface area contributed by atoms with Crippen LogP contribution in [0.25, 0.3) is 0 Å². The SMILES string of the molecule is CCNC(=NCC(C)(C)N1CCOCC1)NCCc1c(F)cccc1F. The van der Waals surface area contributed by atoms with Crippen LogP contribution in [0.15, 0.2) is 23.2 Å². The van der Waals surface area contributed by atoms with Crippen LogP contribution in [0.3, 0.4) is 0 Å².